The number of rotatable bonds is 6. The average Bonchev–Trinajstić information content (AvgIpc) is 2.82. The smallest absolute Gasteiger partial charge is 0.314 e. The second-order valence-corrected chi connectivity index (χ2v) is 9.01. The highest BCUT2D eigenvalue weighted by molar-refractivity contribution is 7.92. The van der Waals surface area contributed by atoms with Crippen molar-refractivity contribution in [1.29, 1.82) is 0 Å². The molecule has 1 aliphatic rings. The molecule has 0 spiro atoms. The minimum Gasteiger partial charge on any atom is -0.481 e. The second-order valence-electron chi connectivity index (χ2n) is 6.36. The first-order chi connectivity index (χ1) is 9.50. The van der Waals surface area contributed by atoms with E-state index >= 15 is 0 Å². The summed E-state index contributed by atoms with van der Waals surface area (Å²) >= 11 is 0. The van der Waals surface area contributed by atoms with Gasteiger partial charge in [-0.2, -0.15) is 0 Å². The molecular formula is C13H24N2O5S. The van der Waals surface area contributed by atoms with Gasteiger partial charge >= 0.3 is 12.0 Å². The number of aliphatic carboxylic acids is 1. The quantitative estimate of drug-likeness (QED) is 0.668. The summed E-state index contributed by atoms with van der Waals surface area (Å²) in [7, 11) is -3.29. The first-order valence-corrected chi connectivity index (χ1v) is 8.84. The first-order valence-electron chi connectivity index (χ1n) is 6.95. The standard InChI is InChI=1S/C13H24N2O5S/c1-12(2,21(3,19)20)8-14-11(18)15-9-13(10(16)17)6-4-5-7-13/h4-9H2,1-3H3,(H,16,17)(H2,14,15,18). The highest BCUT2D eigenvalue weighted by atomic mass is 32.2. The van der Waals surface area contributed by atoms with Crippen molar-refractivity contribution in [2.45, 2.75) is 44.3 Å². The summed E-state index contributed by atoms with van der Waals surface area (Å²) in [5, 5.41) is 14.3. The molecule has 2 amide bonds. The predicted octanol–water partition coefficient (Wildman–Crippen LogP) is 0.754. The molecular weight excluding hydrogens is 296 g/mol. The molecule has 0 atom stereocenters. The highest BCUT2D eigenvalue weighted by Gasteiger charge is 2.41. The van der Waals surface area contributed by atoms with Gasteiger partial charge in [0.15, 0.2) is 9.84 Å². The zero-order chi connectivity index (χ0) is 16.3. The number of nitrogens with one attached hydrogen (secondary N) is 2. The predicted molar refractivity (Wildman–Crippen MR) is 78.9 cm³/mol. The van der Waals surface area contributed by atoms with Crippen LogP contribution < -0.4 is 10.6 Å². The normalized spacial score (nSPS) is 18.2. The van der Waals surface area contributed by atoms with Crippen molar-refractivity contribution in [3.05, 3.63) is 0 Å². The Kier molecular flexibility index (Phi) is 5.25. The molecule has 7 nitrogen and oxygen atoms in total. The van der Waals surface area contributed by atoms with Crippen LogP contribution in [0, 0.1) is 5.41 Å². The van der Waals surface area contributed by atoms with Gasteiger partial charge in [0, 0.05) is 19.3 Å². The fourth-order valence-electron chi connectivity index (χ4n) is 2.25. The molecule has 8 heteroatoms. The van der Waals surface area contributed by atoms with Gasteiger partial charge in [-0.3, -0.25) is 4.79 Å². The number of urea groups is 1. The lowest BCUT2D eigenvalue weighted by molar-refractivity contribution is -0.148. The molecule has 0 aromatic carbocycles. The van der Waals surface area contributed by atoms with E-state index in [1.165, 1.54) is 13.8 Å². The van der Waals surface area contributed by atoms with Crippen molar-refractivity contribution in [3.63, 3.8) is 0 Å². The average molecular weight is 320 g/mol. The lowest BCUT2D eigenvalue weighted by Gasteiger charge is -2.26. The third kappa shape index (κ3) is 4.33. The van der Waals surface area contributed by atoms with E-state index in [-0.39, 0.29) is 13.1 Å². The zero-order valence-electron chi connectivity index (χ0n) is 12.7. The molecule has 1 rings (SSSR count). The number of carboxylic acid groups (broad SMARTS) is 1. The largest absolute Gasteiger partial charge is 0.481 e. The molecule has 1 aliphatic carbocycles. The van der Waals surface area contributed by atoms with E-state index in [1.807, 2.05) is 0 Å². The van der Waals surface area contributed by atoms with E-state index in [1.54, 1.807) is 0 Å². The highest BCUT2D eigenvalue weighted by Crippen LogP contribution is 2.37. The molecule has 0 radical (unpaired) electrons. The molecule has 21 heavy (non-hydrogen) atoms. The Morgan fingerprint density at radius 3 is 2.14 bits per heavy atom. The summed E-state index contributed by atoms with van der Waals surface area (Å²) in [4.78, 5) is 23.1. The Labute approximate surface area is 125 Å². The van der Waals surface area contributed by atoms with Crippen molar-refractivity contribution in [1.82, 2.24) is 10.6 Å². The van der Waals surface area contributed by atoms with Crippen LogP contribution in [0.4, 0.5) is 4.79 Å². The molecule has 0 saturated heterocycles. The van der Waals surface area contributed by atoms with Crippen LogP contribution in [-0.4, -0.2) is 49.6 Å². The van der Waals surface area contributed by atoms with Crippen LogP contribution in [0.25, 0.3) is 0 Å². The van der Waals surface area contributed by atoms with Gasteiger partial charge in [0.05, 0.1) is 10.2 Å². The van der Waals surface area contributed by atoms with Crippen LogP contribution in [0.3, 0.4) is 0 Å². The maximum absolute atomic E-state index is 11.7. The number of sulfone groups is 1. The number of carbonyl (C=O) groups excluding carboxylic acids is 1. The molecule has 0 aromatic rings. The van der Waals surface area contributed by atoms with Crippen molar-refractivity contribution < 1.29 is 23.1 Å². The van der Waals surface area contributed by atoms with E-state index in [0.717, 1.165) is 19.1 Å². The summed E-state index contributed by atoms with van der Waals surface area (Å²) < 4.78 is 22.0. The van der Waals surface area contributed by atoms with Gasteiger partial charge in [0.1, 0.15) is 0 Å². The van der Waals surface area contributed by atoms with Gasteiger partial charge < -0.3 is 15.7 Å². The molecule has 0 aromatic heterocycles. The van der Waals surface area contributed by atoms with Gasteiger partial charge in [0.25, 0.3) is 0 Å². The number of carboxylic acids is 1. The summed E-state index contributed by atoms with van der Waals surface area (Å²) in [6.07, 6.45) is 3.91. The molecule has 0 heterocycles. The summed E-state index contributed by atoms with van der Waals surface area (Å²) in [5.74, 6) is -0.892. The molecule has 0 unspecified atom stereocenters. The van der Waals surface area contributed by atoms with Crippen molar-refractivity contribution in [2.24, 2.45) is 5.41 Å². The lowest BCUT2D eigenvalue weighted by Crippen LogP contribution is -2.49. The molecule has 0 bridgehead atoms. The van der Waals surface area contributed by atoms with Crippen LogP contribution in [-0.2, 0) is 14.6 Å². The minimum atomic E-state index is -3.29. The van der Waals surface area contributed by atoms with Gasteiger partial charge in [-0.15, -0.1) is 0 Å². The molecule has 122 valence electrons. The van der Waals surface area contributed by atoms with Gasteiger partial charge in [-0.25, -0.2) is 13.2 Å². The van der Waals surface area contributed by atoms with Crippen LogP contribution in [0.1, 0.15) is 39.5 Å². The topological polar surface area (TPSA) is 113 Å². The van der Waals surface area contributed by atoms with Crippen molar-refractivity contribution in [2.75, 3.05) is 19.3 Å². The first kappa shape index (κ1) is 17.7. The van der Waals surface area contributed by atoms with Gasteiger partial charge in [-0.05, 0) is 26.7 Å². The van der Waals surface area contributed by atoms with Crippen LogP contribution in [0.15, 0.2) is 0 Å². The third-order valence-corrected chi connectivity index (χ3v) is 6.43. The Balaban J connectivity index is 2.50. The number of hydrogen-bond acceptors (Lipinski definition) is 4. The van der Waals surface area contributed by atoms with E-state index < -0.39 is 32.0 Å². The maximum atomic E-state index is 11.7. The summed E-state index contributed by atoms with van der Waals surface area (Å²) in [5.41, 5.74) is -0.885. The number of amides is 2. The van der Waals surface area contributed by atoms with Gasteiger partial charge in [0.2, 0.25) is 0 Å². The molecule has 0 aliphatic heterocycles. The van der Waals surface area contributed by atoms with Crippen LogP contribution in [0.2, 0.25) is 0 Å². The SMILES string of the molecule is CC(C)(CNC(=O)NCC1(C(=O)O)CCCC1)S(C)(=O)=O. The Bertz CT molecular complexity index is 507. The van der Waals surface area contributed by atoms with E-state index in [0.29, 0.717) is 12.8 Å². The van der Waals surface area contributed by atoms with Crippen LogP contribution >= 0.6 is 0 Å². The van der Waals surface area contributed by atoms with E-state index in [2.05, 4.69) is 10.6 Å². The fourth-order valence-corrected chi connectivity index (χ4v) is 2.59. The lowest BCUT2D eigenvalue weighted by atomic mass is 9.86. The van der Waals surface area contributed by atoms with E-state index in [4.69, 9.17) is 0 Å². The van der Waals surface area contributed by atoms with E-state index in [9.17, 15) is 23.1 Å². The Morgan fingerprint density at radius 2 is 1.71 bits per heavy atom. The molecule has 1 fully saturated rings. The molecule has 1 saturated carbocycles. The van der Waals surface area contributed by atoms with Crippen LogP contribution in [0.5, 0.6) is 0 Å². The molecule has 3 N–H and O–H groups in total. The van der Waals surface area contributed by atoms with Crippen molar-refractivity contribution >= 4 is 21.8 Å². The number of hydrogen-bond donors (Lipinski definition) is 3. The summed E-state index contributed by atoms with van der Waals surface area (Å²) in [6, 6.07) is -0.542. The summed E-state index contributed by atoms with van der Waals surface area (Å²) in [6.45, 7) is 3.09. The zero-order valence-corrected chi connectivity index (χ0v) is 13.5. The maximum Gasteiger partial charge on any atom is 0.314 e. The second kappa shape index (κ2) is 6.21. The minimum absolute atomic E-state index is 0.0300. The fraction of sp³-hybridized carbons (Fsp3) is 0.846. The monoisotopic (exact) mass is 320 g/mol. The third-order valence-electron chi connectivity index (χ3n) is 4.28. The number of carbonyl (C=O) groups is 2. The Hall–Kier alpha value is -1.31. The van der Waals surface area contributed by atoms with Crippen molar-refractivity contribution in [3.8, 4) is 0 Å². The Morgan fingerprint density at radius 1 is 1.19 bits per heavy atom. The van der Waals surface area contributed by atoms with Gasteiger partial charge in [-0.1, -0.05) is 12.8 Å².